The van der Waals surface area contributed by atoms with Gasteiger partial charge in [0.1, 0.15) is 18.2 Å². The zero-order valence-corrected chi connectivity index (χ0v) is 31.9. The van der Waals surface area contributed by atoms with E-state index in [0.29, 0.717) is 6.67 Å². The molecular formula is C55H40N2O. The van der Waals surface area contributed by atoms with E-state index in [4.69, 9.17) is 4.74 Å². The lowest BCUT2D eigenvalue weighted by Crippen LogP contribution is -2.23. The molecular weight excluding hydrogens is 705 g/mol. The molecule has 9 aromatic carbocycles. The molecule has 10 rings (SSSR count). The molecule has 0 unspecified atom stereocenters. The number of para-hydroxylation sites is 3. The highest BCUT2D eigenvalue weighted by Gasteiger charge is 2.28. The highest BCUT2D eigenvalue weighted by Crippen LogP contribution is 2.46. The maximum Gasteiger partial charge on any atom is 0.130 e. The number of nitrogens with zero attached hydrogens (tertiary/aromatic N) is 2. The minimum absolute atomic E-state index is 0.681. The van der Waals surface area contributed by atoms with Gasteiger partial charge in [-0.1, -0.05) is 170 Å². The minimum Gasteiger partial charge on any atom is -0.457 e. The number of hydrogen-bond acceptors (Lipinski definition) is 3. The molecule has 276 valence electrons. The smallest absolute Gasteiger partial charge is 0.130 e. The average molecular weight is 745 g/mol. The van der Waals surface area contributed by atoms with Crippen molar-refractivity contribution >= 4 is 22.7 Å². The van der Waals surface area contributed by atoms with Gasteiger partial charge < -0.3 is 14.5 Å². The summed E-state index contributed by atoms with van der Waals surface area (Å²) in [4.78, 5) is 4.75. The van der Waals surface area contributed by atoms with E-state index < -0.39 is 0 Å². The molecule has 0 radical (unpaired) electrons. The van der Waals surface area contributed by atoms with Crippen molar-refractivity contribution in [1.82, 2.24) is 0 Å². The van der Waals surface area contributed by atoms with E-state index >= 15 is 0 Å². The Morgan fingerprint density at radius 1 is 0.259 bits per heavy atom. The molecule has 0 amide bonds. The topological polar surface area (TPSA) is 15.7 Å². The van der Waals surface area contributed by atoms with Crippen LogP contribution in [0.4, 0.5) is 22.7 Å². The molecule has 58 heavy (non-hydrogen) atoms. The molecule has 1 aliphatic heterocycles. The second-order valence-corrected chi connectivity index (χ2v) is 14.6. The van der Waals surface area contributed by atoms with Crippen molar-refractivity contribution in [2.24, 2.45) is 0 Å². The summed E-state index contributed by atoms with van der Waals surface area (Å²) in [5.41, 5.74) is 16.2. The summed E-state index contributed by atoms with van der Waals surface area (Å²) in [6.45, 7) is 0.681. The van der Waals surface area contributed by atoms with Crippen LogP contribution in [0, 0.1) is 0 Å². The Kier molecular flexibility index (Phi) is 9.30. The first kappa shape index (κ1) is 34.8. The third-order valence-corrected chi connectivity index (χ3v) is 10.9. The van der Waals surface area contributed by atoms with Gasteiger partial charge in [-0.3, -0.25) is 0 Å². The third kappa shape index (κ3) is 7.13. The SMILES string of the molecule is c1ccc(-c2ccc(-c3cccc(-c4cccc(Oc5cc(-c6ccc(-c7ccccc7)cc6)cc(N6CN(c7ccccc7)c7ccccc76)c5)c4)c3)cc2)cc1. The van der Waals surface area contributed by atoms with Gasteiger partial charge in [0.2, 0.25) is 0 Å². The third-order valence-electron chi connectivity index (χ3n) is 10.9. The predicted octanol–water partition coefficient (Wildman–Crippen LogP) is 15.1. The van der Waals surface area contributed by atoms with E-state index in [9.17, 15) is 0 Å². The van der Waals surface area contributed by atoms with Crippen molar-refractivity contribution < 1.29 is 4.74 Å². The van der Waals surface area contributed by atoms with Crippen LogP contribution in [-0.4, -0.2) is 6.67 Å². The number of ether oxygens (including phenoxy) is 1. The average Bonchev–Trinajstić information content (AvgIpc) is 3.70. The Labute approximate surface area is 340 Å². The van der Waals surface area contributed by atoms with Crippen molar-refractivity contribution in [1.29, 1.82) is 0 Å². The van der Waals surface area contributed by atoms with Gasteiger partial charge >= 0.3 is 0 Å². The van der Waals surface area contributed by atoms with Crippen molar-refractivity contribution in [2.75, 3.05) is 16.5 Å². The van der Waals surface area contributed by atoms with Crippen LogP contribution in [0.15, 0.2) is 231 Å². The van der Waals surface area contributed by atoms with Crippen LogP contribution in [0.25, 0.3) is 55.6 Å². The lowest BCUT2D eigenvalue weighted by Gasteiger charge is -2.23. The summed E-state index contributed by atoms with van der Waals surface area (Å²) in [6, 6.07) is 81.7. The van der Waals surface area contributed by atoms with Crippen LogP contribution in [0.2, 0.25) is 0 Å². The van der Waals surface area contributed by atoms with E-state index in [1.54, 1.807) is 0 Å². The fourth-order valence-electron chi connectivity index (χ4n) is 7.95. The van der Waals surface area contributed by atoms with Crippen LogP contribution in [0.3, 0.4) is 0 Å². The molecule has 3 heteroatoms. The summed E-state index contributed by atoms with van der Waals surface area (Å²) in [7, 11) is 0. The first-order valence-corrected chi connectivity index (χ1v) is 19.8. The molecule has 1 heterocycles. The Hall–Kier alpha value is -7.62. The molecule has 0 atom stereocenters. The number of anilines is 4. The van der Waals surface area contributed by atoms with Gasteiger partial charge in [-0.2, -0.15) is 0 Å². The van der Waals surface area contributed by atoms with Crippen molar-refractivity contribution in [3.8, 4) is 67.1 Å². The van der Waals surface area contributed by atoms with Crippen molar-refractivity contribution in [2.45, 2.75) is 0 Å². The molecule has 1 aliphatic rings. The zero-order valence-electron chi connectivity index (χ0n) is 31.9. The van der Waals surface area contributed by atoms with Gasteiger partial charge in [0.25, 0.3) is 0 Å². The maximum absolute atomic E-state index is 6.83. The maximum atomic E-state index is 6.83. The Balaban J connectivity index is 0.986. The first-order valence-electron chi connectivity index (χ1n) is 19.8. The standard InChI is InChI=1S/C55H40N2O/c1-4-14-40(15-5-1)42-26-30-44(31-27-42)46-18-12-19-47(34-46)48-20-13-23-52(36-48)58-53-37-49(45-32-28-43(29-33-45)41-16-6-2-7-17-41)35-51(38-53)57-39-56(50-21-8-3-9-22-50)54-24-10-11-25-55(54)57/h1-38H,39H2. The van der Waals surface area contributed by atoms with Gasteiger partial charge in [-0.15, -0.1) is 0 Å². The van der Waals surface area contributed by atoms with Crippen molar-refractivity contribution in [3.63, 3.8) is 0 Å². The predicted molar refractivity (Wildman–Crippen MR) is 242 cm³/mol. The highest BCUT2D eigenvalue weighted by atomic mass is 16.5. The van der Waals surface area contributed by atoms with Crippen LogP contribution in [0.1, 0.15) is 0 Å². The van der Waals surface area contributed by atoms with Crippen molar-refractivity contribution in [3.05, 3.63) is 231 Å². The molecule has 0 saturated heterocycles. The summed E-state index contributed by atoms with van der Waals surface area (Å²) in [5.74, 6) is 1.56. The molecule has 0 spiro atoms. The number of rotatable bonds is 9. The summed E-state index contributed by atoms with van der Waals surface area (Å²) >= 11 is 0. The number of benzene rings is 9. The quantitative estimate of drug-likeness (QED) is 0.146. The minimum atomic E-state index is 0.681. The van der Waals surface area contributed by atoms with Crippen LogP contribution < -0.4 is 14.5 Å². The highest BCUT2D eigenvalue weighted by molar-refractivity contribution is 5.88. The molecule has 9 aromatic rings. The van der Waals surface area contributed by atoms with Gasteiger partial charge in [-0.25, -0.2) is 0 Å². The fraction of sp³-hybridized carbons (Fsp3) is 0.0182. The molecule has 0 saturated carbocycles. The number of fused-ring (bicyclic) bond motifs is 1. The molecule has 0 bridgehead atoms. The summed E-state index contributed by atoms with van der Waals surface area (Å²) < 4.78 is 6.83. The largest absolute Gasteiger partial charge is 0.457 e. The second kappa shape index (κ2) is 15.5. The number of hydrogen-bond donors (Lipinski definition) is 0. The van der Waals surface area contributed by atoms with Crippen LogP contribution >= 0.6 is 0 Å². The van der Waals surface area contributed by atoms with E-state index in [0.717, 1.165) is 50.8 Å². The Morgan fingerprint density at radius 3 is 1.24 bits per heavy atom. The van der Waals surface area contributed by atoms with E-state index in [2.05, 4.69) is 234 Å². The Morgan fingerprint density at radius 2 is 0.655 bits per heavy atom. The van der Waals surface area contributed by atoms with Gasteiger partial charge in [0, 0.05) is 17.4 Å². The van der Waals surface area contributed by atoms with Gasteiger partial charge in [-0.05, 0) is 110 Å². The summed E-state index contributed by atoms with van der Waals surface area (Å²) in [5, 5.41) is 0. The second-order valence-electron chi connectivity index (χ2n) is 14.6. The normalized spacial score (nSPS) is 12.0. The monoisotopic (exact) mass is 744 g/mol. The molecule has 0 fully saturated rings. The summed E-state index contributed by atoms with van der Waals surface area (Å²) in [6.07, 6.45) is 0. The fourth-order valence-corrected chi connectivity index (χ4v) is 7.95. The van der Waals surface area contributed by atoms with Crippen LogP contribution in [-0.2, 0) is 0 Å². The molecule has 0 aromatic heterocycles. The van der Waals surface area contributed by atoms with E-state index in [-0.39, 0.29) is 0 Å². The van der Waals surface area contributed by atoms with Gasteiger partial charge in [0.15, 0.2) is 0 Å². The zero-order chi connectivity index (χ0) is 38.7. The first-order chi connectivity index (χ1) is 28.7. The lowest BCUT2D eigenvalue weighted by molar-refractivity contribution is 0.483. The molecule has 0 N–H and O–H groups in total. The van der Waals surface area contributed by atoms with Crippen LogP contribution in [0.5, 0.6) is 11.5 Å². The van der Waals surface area contributed by atoms with E-state index in [1.807, 2.05) is 6.07 Å². The van der Waals surface area contributed by atoms with Gasteiger partial charge in [0.05, 0.1) is 11.4 Å². The molecule has 0 aliphatic carbocycles. The Bertz CT molecular complexity index is 2820. The lowest BCUT2D eigenvalue weighted by atomic mass is 9.97. The van der Waals surface area contributed by atoms with E-state index in [1.165, 1.54) is 39.1 Å². The molecule has 3 nitrogen and oxygen atoms in total.